The van der Waals surface area contributed by atoms with Crippen LogP contribution in [0, 0.1) is 0 Å². The fourth-order valence-corrected chi connectivity index (χ4v) is 1.29. The molecule has 1 aliphatic carbocycles. The van der Waals surface area contributed by atoms with Crippen LogP contribution in [-0.2, 0) is 0 Å². The van der Waals surface area contributed by atoms with Crippen LogP contribution in [0.2, 0.25) is 0 Å². The minimum absolute atomic E-state index is 0.776. The molecule has 0 aliphatic heterocycles. The summed E-state index contributed by atoms with van der Waals surface area (Å²) in [5, 5.41) is 6.81. The summed E-state index contributed by atoms with van der Waals surface area (Å²) in [5.41, 5.74) is 8.61. The standard InChI is InChI=1S/C10H11N3/c11-9-4-2-1-3-8(7-9)10-5-6-12-13-10/h2-7H,1,11H2,(H,12,13). The van der Waals surface area contributed by atoms with Gasteiger partial charge in [-0.25, -0.2) is 0 Å². The molecule has 13 heavy (non-hydrogen) atoms. The van der Waals surface area contributed by atoms with Crippen LogP contribution in [0.15, 0.2) is 42.3 Å². The Labute approximate surface area is 76.6 Å². The van der Waals surface area contributed by atoms with Crippen molar-refractivity contribution in [3.8, 4) is 0 Å². The molecule has 1 aromatic heterocycles. The molecule has 1 aromatic rings. The number of hydrogen-bond donors (Lipinski definition) is 2. The zero-order valence-electron chi connectivity index (χ0n) is 7.20. The van der Waals surface area contributed by atoms with E-state index in [0.717, 1.165) is 23.4 Å². The zero-order chi connectivity index (χ0) is 9.10. The van der Waals surface area contributed by atoms with Gasteiger partial charge in [0.1, 0.15) is 0 Å². The predicted octanol–water partition coefficient (Wildman–Crippen LogP) is 1.60. The highest BCUT2D eigenvalue weighted by Gasteiger charge is 2.01. The number of nitrogens with one attached hydrogen (secondary N) is 1. The molecular formula is C10H11N3. The molecule has 3 heteroatoms. The molecule has 2 rings (SSSR count). The van der Waals surface area contributed by atoms with Gasteiger partial charge < -0.3 is 5.73 Å². The fraction of sp³-hybridized carbons (Fsp3) is 0.100. The first-order chi connectivity index (χ1) is 6.36. The Morgan fingerprint density at radius 3 is 3.15 bits per heavy atom. The maximum Gasteiger partial charge on any atom is 0.0647 e. The topological polar surface area (TPSA) is 54.7 Å². The first kappa shape index (κ1) is 7.86. The van der Waals surface area contributed by atoms with E-state index in [4.69, 9.17) is 5.73 Å². The average Bonchev–Trinajstić information content (AvgIpc) is 2.56. The second-order valence-electron chi connectivity index (χ2n) is 2.91. The van der Waals surface area contributed by atoms with E-state index >= 15 is 0 Å². The molecule has 0 spiro atoms. The van der Waals surface area contributed by atoms with Gasteiger partial charge >= 0.3 is 0 Å². The van der Waals surface area contributed by atoms with Gasteiger partial charge in [-0.3, -0.25) is 5.10 Å². The number of allylic oxidation sites excluding steroid dienone is 5. The Morgan fingerprint density at radius 2 is 2.38 bits per heavy atom. The van der Waals surface area contributed by atoms with E-state index in [1.807, 2.05) is 24.3 Å². The number of hydrogen-bond acceptors (Lipinski definition) is 2. The summed E-state index contributed by atoms with van der Waals surface area (Å²) in [6.45, 7) is 0. The molecule has 0 amide bonds. The van der Waals surface area contributed by atoms with E-state index in [0.29, 0.717) is 0 Å². The quantitative estimate of drug-likeness (QED) is 0.677. The van der Waals surface area contributed by atoms with Gasteiger partial charge in [0.2, 0.25) is 0 Å². The van der Waals surface area contributed by atoms with E-state index < -0.39 is 0 Å². The highest BCUT2D eigenvalue weighted by molar-refractivity contribution is 5.73. The lowest BCUT2D eigenvalue weighted by Gasteiger charge is -1.96. The Balaban J connectivity index is 2.35. The highest BCUT2D eigenvalue weighted by Crippen LogP contribution is 2.17. The van der Waals surface area contributed by atoms with Crippen molar-refractivity contribution in [2.24, 2.45) is 5.73 Å². The summed E-state index contributed by atoms with van der Waals surface area (Å²) < 4.78 is 0. The molecule has 3 nitrogen and oxygen atoms in total. The second-order valence-corrected chi connectivity index (χ2v) is 2.91. The highest BCUT2D eigenvalue weighted by atomic mass is 15.1. The molecule has 0 bridgehead atoms. The lowest BCUT2D eigenvalue weighted by molar-refractivity contribution is 1.07. The molecular weight excluding hydrogens is 162 g/mol. The first-order valence-electron chi connectivity index (χ1n) is 4.20. The SMILES string of the molecule is NC1=CC(c2ccn[nH]2)=CCC=C1. The molecule has 3 N–H and O–H groups in total. The molecule has 1 aliphatic rings. The Hall–Kier alpha value is -1.77. The molecule has 0 saturated carbocycles. The predicted molar refractivity (Wildman–Crippen MR) is 52.6 cm³/mol. The molecule has 0 atom stereocenters. The van der Waals surface area contributed by atoms with Crippen LogP contribution in [0.4, 0.5) is 0 Å². The summed E-state index contributed by atoms with van der Waals surface area (Å²) in [7, 11) is 0. The van der Waals surface area contributed by atoms with E-state index in [9.17, 15) is 0 Å². The number of aromatic amines is 1. The van der Waals surface area contributed by atoms with Gasteiger partial charge in [0.25, 0.3) is 0 Å². The summed E-state index contributed by atoms with van der Waals surface area (Å²) in [6, 6.07) is 1.93. The third-order valence-electron chi connectivity index (χ3n) is 1.92. The average molecular weight is 173 g/mol. The maximum atomic E-state index is 5.73. The molecule has 0 saturated heterocycles. The van der Waals surface area contributed by atoms with Crippen molar-refractivity contribution in [2.45, 2.75) is 6.42 Å². The smallest absolute Gasteiger partial charge is 0.0647 e. The van der Waals surface area contributed by atoms with Crippen LogP contribution in [-0.4, -0.2) is 10.2 Å². The molecule has 0 radical (unpaired) electrons. The van der Waals surface area contributed by atoms with Crippen molar-refractivity contribution in [1.82, 2.24) is 10.2 Å². The van der Waals surface area contributed by atoms with Gasteiger partial charge in [-0.15, -0.1) is 0 Å². The van der Waals surface area contributed by atoms with Gasteiger partial charge in [-0.05, 0) is 30.2 Å². The molecule has 1 heterocycles. The minimum Gasteiger partial charge on any atom is -0.399 e. The monoisotopic (exact) mass is 173 g/mol. The third-order valence-corrected chi connectivity index (χ3v) is 1.92. The first-order valence-corrected chi connectivity index (χ1v) is 4.20. The molecule has 0 aromatic carbocycles. The van der Waals surface area contributed by atoms with Crippen molar-refractivity contribution in [1.29, 1.82) is 0 Å². The van der Waals surface area contributed by atoms with E-state index in [-0.39, 0.29) is 0 Å². The number of aromatic nitrogens is 2. The number of nitrogens with zero attached hydrogens (tertiary/aromatic N) is 1. The fourth-order valence-electron chi connectivity index (χ4n) is 1.29. The number of rotatable bonds is 1. The summed E-state index contributed by atoms with van der Waals surface area (Å²) in [6.07, 6.45) is 10.7. The van der Waals surface area contributed by atoms with Crippen molar-refractivity contribution >= 4 is 5.57 Å². The Bertz CT molecular complexity index is 369. The van der Waals surface area contributed by atoms with E-state index in [2.05, 4.69) is 16.3 Å². The van der Waals surface area contributed by atoms with Crippen LogP contribution in [0.3, 0.4) is 0 Å². The van der Waals surface area contributed by atoms with Crippen LogP contribution in [0.25, 0.3) is 5.57 Å². The second kappa shape index (κ2) is 3.31. The van der Waals surface area contributed by atoms with Crippen molar-refractivity contribution < 1.29 is 0 Å². The lowest BCUT2D eigenvalue weighted by Crippen LogP contribution is -1.92. The van der Waals surface area contributed by atoms with Crippen LogP contribution in [0.1, 0.15) is 12.1 Å². The van der Waals surface area contributed by atoms with Crippen LogP contribution < -0.4 is 5.73 Å². The van der Waals surface area contributed by atoms with Crippen LogP contribution >= 0.6 is 0 Å². The van der Waals surface area contributed by atoms with Gasteiger partial charge in [0.15, 0.2) is 0 Å². The van der Waals surface area contributed by atoms with Crippen LogP contribution in [0.5, 0.6) is 0 Å². The van der Waals surface area contributed by atoms with Gasteiger partial charge in [0.05, 0.1) is 5.69 Å². The van der Waals surface area contributed by atoms with Gasteiger partial charge in [0, 0.05) is 11.9 Å². The van der Waals surface area contributed by atoms with E-state index in [1.54, 1.807) is 6.20 Å². The van der Waals surface area contributed by atoms with Crippen molar-refractivity contribution in [2.75, 3.05) is 0 Å². The van der Waals surface area contributed by atoms with Gasteiger partial charge in [-0.1, -0.05) is 12.2 Å². The largest absolute Gasteiger partial charge is 0.399 e. The molecule has 0 unspecified atom stereocenters. The minimum atomic E-state index is 0.776. The van der Waals surface area contributed by atoms with Gasteiger partial charge in [-0.2, -0.15) is 5.10 Å². The lowest BCUT2D eigenvalue weighted by atomic mass is 10.1. The summed E-state index contributed by atoms with van der Waals surface area (Å²) in [4.78, 5) is 0. The van der Waals surface area contributed by atoms with Crippen molar-refractivity contribution in [3.05, 3.63) is 48.0 Å². The normalized spacial score (nSPS) is 16.3. The Morgan fingerprint density at radius 1 is 1.46 bits per heavy atom. The summed E-state index contributed by atoms with van der Waals surface area (Å²) >= 11 is 0. The van der Waals surface area contributed by atoms with E-state index in [1.165, 1.54) is 0 Å². The maximum absolute atomic E-state index is 5.73. The number of nitrogens with two attached hydrogens (primary N) is 1. The summed E-state index contributed by atoms with van der Waals surface area (Å²) in [5.74, 6) is 0. The molecule has 0 fully saturated rings. The molecule has 66 valence electrons. The Kier molecular flexibility index (Phi) is 2.00. The third kappa shape index (κ3) is 1.69. The van der Waals surface area contributed by atoms with Crippen molar-refractivity contribution in [3.63, 3.8) is 0 Å². The zero-order valence-corrected chi connectivity index (χ0v) is 7.20. The number of H-pyrrole nitrogens is 1.